The summed E-state index contributed by atoms with van der Waals surface area (Å²) in [7, 11) is 0. The standard InChI is InChI=1S/C20H20ClN3O3/c21-16-8-6-13(7-9-16)20(27)24-10-2-4-15(12-24)19(26)23-17-5-1-3-14(11-17)18(22)25/h1,3,5-9,11,15H,2,4,10,12H2,(H2,22,25)(H,23,26). The minimum atomic E-state index is -0.552. The first kappa shape index (κ1) is 18.9. The molecule has 3 rings (SSSR count). The van der Waals surface area contributed by atoms with Gasteiger partial charge in [0.05, 0.1) is 5.92 Å². The van der Waals surface area contributed by atoms with Crippen LogP contribution in [0.3, 0.4) is 0 Å². The van der Waals surface area contributed by atoms with Crippen molar-refractivity contribution in [2.75, 3.05) is 18.4 Å². The minimum absolute atomic E-state index is 0.111. The maximum atomic E-state index is 12.7. The Morgan fingerprint density at radius 2 is 1.81 bits per heavy atom. The third kappa shape index (κ3) is 4.65. The van der Waals surface area contributed by atoms with E-state index >= 15 is 0 Å². The van der Waals surface area contributed by atoms with Crippen molar-refractivity contribution in [2.45, 2.75) is 12.8 Å². The van der Waals surface area contributed by atoms with Crippen LogP contribution in [-0.4, -0.2) is 35.7 Å². The molecule has 0 bridgehead atoms. The number of nitrogens with one attached hydrogen (secondary N) is 1. The van der Waals surface area contributed by atoms with Gasteiger partial charge >= 0.3 is 0 Å². The molecule has 1 aliphatic heterocycles. The molecule has 2 aromatic rings. The van der Waals surface area contributed by atoms with E-state index in [9.17, 15) is 14.4 Å². The Morgan fingerprint density at radius 1 is 1.07 bits per heavy atom. The summed E-state index contributed by atoms with van der Waals surface area (Å²) in [6.07, 6.45) is 1.45. The molecule has 1 heterocycles. The number of amides is 3. The molecule has 6 nitrogen and oxygen atoms in total. The van der Waals surface area contributed by atoms with Gasteiger partial charge in [0.1, 0.15) is 0 Å². The van der Waals surface area contributed by atoms with Crippen LogP contribution in [0.2, 0.25) is 5.02 Å². The molecule has 0 aromatic heterocycles. The molecule has 3 amide bonds. The van der Waals surface area contributed by atoms with Crippen molar-refractivity contribution in [3.05, 3.63) is 64.7 Å². The van der Waals surface area contributed by atoms with E-state index in [0.29, 0.717) is 41.3 Å². The first-order chi connectivity index (χ1) is 12.9. The Morgan fingerprint density at radius 3 is 2.52 bits per heavy atom. The zero-order valence-electron chi connectivity index (χ0n) is 14.7. The Hall–Kier alpha value is -2.86. The molecule has 0 radical (unpaired) electrons. The number of likely N-dealkylation sites (tertiary alicyclic amines) is 1. The summed E-state index contributed by atoms with van der Waals surface area (Å²) < 4.78 is 0. The van der Waals surface area contributed by atoms with Gasteiger partial charge in [0.15, 0.2) is 0 Å². The Bertz CT molecular complexity index is 867. The molecule has 0 saturated carbocycles. The number of nitrogens with two attached hydrogens (primary N) is 1. The minimum Gasteiger partial charge on any atom is -0.366 e. The summed E-state index contributed by atoms with van der Waals surface area (Å²) in [6.45, 7) is 0.963. The number of nitrogens with zero attached hydrogens (tertiary/aromatic N) is 1. The number of piperidine rings is 1. The number of halogens is 1. The molecule has 2 aromatic carbocycles. The van der Waals surface area contributed by atoms with Crippen LogP contribution < -0.4 is 11.1 Å². The van der Waals surface area contributed by atoms with Gasteiger partial charge in [-0.3, -0.25) is 14.4 Å². The second-order valence-corrected chi connectivity index (χ2v) is 6.97. The summed E-state index contributed by atoms with van der Waals surface area (Å²) >= 11 is 5.87. The second kappa shape index (κ2) is 8.22. The molecular formula is C20H20ClN3O3. The lowest BCUT2D eigenvalue weighted by atomic mass is 9.96. The highest BCUT2D eigenvalue weighted by Crippen LogP contribution is 2.21. The van der Waals surface area contributed by atoms with Gasteiger partial charge in [-0.05, 0) is 55.3 Å². The molecule has 27 heavy (non-hydrogen) atoms. The summed E-state index contributed by atoms with van der Waals surface area (Å²) in [5.41, 5.74) is 6.66. The van der Waals surface area contributed by atoms with Crippen molar-refractivity contribution in [1.29, 1.82) is 0 Å². The van der Waals surface area contributed by atoms with Gasteiger partial charge in [-0.25, -0.2) is 0 Å². The molecule has 0 spiro atoms. The van der Waals surface area contributed by atoms with Crippen LogP contribution in [0, 0.1) is 5.92 Å². The van der Waals surface area contributed by atoms with Crippen molar-refractivity contribution in [3.8, 4) is 0 Å². The van der Waals surface area contributed by atoms with Crippen LogP contribution in [0.4, 0.5) is 5.69 Å². The number of carbonyl (C=O) groups excluding carboxylic acids is 3. The largest absolute Gasteiger partial charge is 0.366 e. The van der Waals surface area contributed by atoms with Crippen molar-refractivity contribution in [2.24, 2.45) is 11.7 Å². The lowest BCUT2D eigenvalue weighted by molar-refractivity contribution is -0.121. The van der Waals surface area contributed by atoms with E-state index in [1.807, 2.05) is 0 Å². The van der Waals surface area contributed by atoms with Crippen LogP contribution in [0.25, 0.3) is 0 Å². The first-order valence-electron chi connectivity index (χ1n) is 8.69. The number of hydrogen-bond acceptors (Lipinski definition) is 3. The lowest BCUT2D eigenvalue weighted by Gasteiger charge is -2.32. The van der Waals surface area contributed by atoms with Gasteiger partial charge in [-0.15, -0.1) is 0 Å². The molecule has 1 fully saturated rings. The number of benzene rings is 2. The average molecular weight is 386 g/mol. The third-order valence-corrected chi connectivity index (χ3v) is 4.84. The van der Waals surface area contributed by atoms with Crippen LogP contribution in [0.15, 0.2) is 48.5 Å². The zero-order valence-corrected chi connectivity index (χ0v) is 15.4. The number of primary amides is 1. The van der Waals surface area contributed by atoms with Gasteiger partial charge in [0.2, 0.25) is 11.8 Å². The predicted molar refractivity (Wildman–Crippen MR) is 104 cm³/mol. The maximum absolute atomic E-state index is 12.7. The Kier molecular flexibility index (Phi) is 5.76. The zero-order chi connectivity index (χ0) is 19.4. The van der Waals surface area contributed by atoms with Crippen LogP contribution in [-0.2, 0) is 4.79 Å². The molecule has 140 valence electrons. The van der Waals surface area contributed by atoms with E-state index in [1.165, 1.54) is 0 Å². The first-order valence-corrected chi connectivity index (χ1v) is 9.07. The van der Waals surface area contributed by atoms with E-state index in [4.69, 9.17) is 17.3 Å². The van der Waals surface area contributed by atoms with Crippen molar-refractivity contribution < 1.29 is 14.4 Å². The highest BCUT2D eigenvalue weighted by atomic mass is 35.5. The van der Waals surface area contributed by atoms with E-state index < -0.39 is 5.91 Å². The van der Waals surface area contributed by atoms with Crippen molar-refractivity contribution in [1.82, 2.24) is 4.90 Å². The van der Waals surface area contributed by atoms with E-state index in [-0.39, 0.29) is 17.7 Å². The van der Waals surface area contributed by atoms with Gasteiger partial charge in [-0.2, -0.15) is 0 Å². The maximum Gasteiger partial charge on any atom is 0.253 e. The Balaban J connectivity index is 1.66. The monoisotopic (exact) mass is 385 g/mol. The van der Waals surface area contributed by atoms with Crippen LogP contribution in [0.5, 0.6) is 0 Å². The van der Waals surface area contributed by atoms with Crippen molar-refractivity contribution >= 4 is 35.0 Å². The molecule has 1 aliphatic rings. The molecule has 3 N–H and O–H groups in total. The lowest BCUT2D eigenvalue weighted by Crippen LogP contribution is -2.43. The molecule has 7 heteroatoms. The smallest absolute Gasteiger partial charge is 0.253 e. The molecule has 1 saturated heterocycles. The van der Waals surface area contributed by atoms with E-state index in [1.54, 1.807) is 53.4 Å². The topological polar surface area (TPSA) is 92.5 Å². The number of anilines is 1. The SMILES string of the molecule is NC(=O)c1cccc(NC(=O)C2CCCN(C(=O)c3ccc(Cl)cc3)C2)c1. The van der Waals surface area contributed by atoms with Gasteiger partial charge in [-0.1, -0.05) is 17.7 Å². The Labute approximate surface area is 162 Å². The summed E-state index contributed by atoms with van der Waals surface area (Å²) in [6, 6.07) is 13.2. The second-order valence-electron chi connectivity index (χ2n) is 6.53. The van der Waals surface area contributed by atoms with Crippen molar-refractivity contribution in [3.63, 3.8) is 0 Å². The quantitative estimate of drug-likeness (QED) is 0.847. The number of rotatable bonds is 4. The number of carbonyl (C=O) groups is 3. The van der Waals surface area contributed by atoms with Gasteiger partial charge in [0.25, 0.3) is 5.91 Å². The highest BCUT2D eigenvalue weighted by molar-refractivity contribution is 6.30. The van der Waals surface area contributed by atoms with Gasteiger partial charge in [0, 0.05) is 34.9 Å². The normalized spacial score (nSPS) is 16.6. The third-order valence-electron chi connectivity index (χ3n) is 4.59. The molecule has 0 aliphatic carbocycles. The van der Waals surface area contributed by atoms with Gasteiger partial charge < -0.3 is 16.0 Å². The summed E-state index contributed by atoms with van der Waals surface area (Å²) in [4.78, 5) is 38.2. The fraction of sp³-hybridized carbons (Fsp3) is 0.250. The summed E-state index contributed by atoms with van der Waals surface area (Å²) in [5.74, 6) is -1.15. The fourth-order valence-electron chi connectivity index (χ4n) is 3.15. The molecular weight excluding hydrogens is 366 g/mol. The molecule has 1 atom stereocenters. The van der Waals surface area contributed by atoms with E-state index in [2.05, 4.69) is 5.32 Å². The van der Waals surface area contributed by atoms with Crippen LogP contribution in [0.1, 0.15) is 33.6 Å². The highest BCUT2D eigenvalue weighted by Gasteiger charge is 2.29. The predicted octanol–water partition coefficient (Wildman–Crippen LogP) is 2.93. The van der Waals surface area contributed by atoms with Crippen LogP contribution >= 0.6 is 11.6 Å². The molecule has 1 unspecified atom stereocenters. The number of hydrogen-bond donors (Lipinski definition) is 2. The van der Waals surface area contributed by atoms with E-state index in [0.717, 1.165) is 6.42 Å². The average Bonchev–Trinajstić information content (AvgIpc) is 2.68. The summed E-state index contributed by atoms with van der Waals surface area (Å²) in [5, 5.41) is 3.38. The fourth-order valence-corrected chi connectivity index (χ4v) is 3.27.